The van der Waals surface area contributed by atoms with Gasteiger partial charge in [0.25, 0.3) is 5.92 Å². The van der Waals surface area contributed by atoms with Crippen LogP contribution in [0, 0.1) is 11.8 Å². The monoisotopic (exact) mass is 236 g/mol. The summed E-state index contributed by atoms with van der Waals surface area (Å²) in [6.07, 6.45) is 0. The predicted octanol–water partition coefficient (Wildman–Crippen LogP) is 0.402. The van der Waals surface area contributed by atoms with E-state index in [1.54, 1.807) is 16.7 Å². The molecule has 1 aliphatic heterocycles. The van der Waals surface area contributed by atoms with Gasteiger partial charge in [0.2, 0.25) is 5.91 Å². The van der Waals surface area contributed by atoms with E-state index in [0.29, 0.717) is 13.1 Å². The van der Waals surface area contributed by atoms with Crippen LogP contribution in [0.4, 0.5) is 8.78 Å². The van der Waals surface area contributed by atoms with Crippen molar-refractivity contribution in [3.8, 4) is 0 Å². The molecule has 2 atom stereocenters. The lowest BCUT2D eigenvalue weighted by Gasteiger charge is -2.26. The molecular weight excluding hydrogens is 222 g/mol. The van der Waals surface area contributed by atoms with Crippen LogP contribution in [0.25, 0.3) is 0 Å². The Morgan fingerprint density at radius 3 is 2.53 bits per heavy atom. The van der Waals surface area contributed by atoms with Gasteiger partial charge >= 0.3 is 0 Å². The van der Waals surface area contributed by atoms with Gasteiger partial charge in [0.1, 0.15) is 5.92 Å². The van der Waals surface area contributed by atoms with E-state index in [9.17, 15) is 13.6 Å². The summed E-state index contributed by atoms with van der Waals surface area (Å²) in [5.74, 6) is -3.66. The van der Waals surface area contributed by atoms with E-state index in [4.69, 9.17) is 5.73 Å². The Kier molecular flexibility index (Phi) is 2.89. The summed E-state index contributed by atoms with van der Waals surface area (Å²) in [6, 6.07) is 0. The smallest absolute Gasteiger partial charge is 0.265 e. The van der Waals surface area contributed by atoms with Crippen LogP contribution in [0.3, 0.4) is 0 Å². The van der Waals surface area contributed by atoms with Crippen molar-refractivity contribution in [1.29, 1.82) is 0 Å². The highest BCUT2D eigenvalue weighted by Crippen LogP contribution is 2.55. The Morgan fingerprint density at radius 1 is 1.47 bits per heavy atom. The highest BCUT2D eigenvalue weighted by Gasteiger charge is 2.71. The fraction of sp³-hybridized carbons (Fsp3) is 0.889. The number of carbonyl (C=O) groups excluding carboxylic acids is 1. The van der Waals surface area contributed by atoms with Gasteiger partial charge in [-0.1, -0.05) is 0 Å². The molecule has 0 aromatic heterocycles. The SMILES string of the molecule is NC[C@@H]1[C@H](C(=O)N2CCSCC2)C1(F)F. The first kappa shape index (κ1) is 11.1. The molecule has 6 heteroatoms. The number of hydrogen-bond donors (Lipinski definition) is 1. The molecule has 1 saturated carbocycles. The Morgan fingerprint density at radius 2 is 2.07 bits per heavy atom. The maximum atomic E-state index is 13.1. The number of rotatable bonds is 2. The number of halogens is 2. The normalized spacial score (nSPS) is 33.9. The fourth-order valence-corrected chi connectivity index (χ4v) is 2.90. The van der Waals surface area contributed by atoms with Gasteiger partial charge in [0.05, 0.1) is 5.92 Å². The summed E-state index contributed by atoms with van der Waals surface area (Å²) in [5, 5.41) is 0. The molecule has 0 unspecified atom stereocenters. The van der Waals surface area contributed by atoms with Crippen molar-refractivity contribution in [3.05, 3.63) is 0 Å². The van der Waals surface area contributed by atoms with Crippen molar-refractivity contribution in [2.75, 3.05) is 31.1 Å². The molecule has 1 saturated heterocycles. The standard InChI is InChI=1S/C9H14F2N2OS/c10-9(11)6(5-12)7(9)8(14)13-1-3-15-4-2-13/h6-7H,1-5,12H2/t6-,7-/m1/s1. The molecule has 2 fully saturated rings. The minimum atomic E-state index is -2.86. The van der Waals surface area contributed by atoms with Crippen LogP contribution in [-0.4, -0.2) is 47.9 Å². The maximum Gasteiger partial charge on any atom is 0.265 e. The van der Waals surface area contributed by atoms with Crippen LogP contribution in [0.15, 0.2) is 0 Å². The first-order valence-electron chi connectivity index (χ1n) is 5.03. The molecule has 2 aliphatic rings. The first-order valence-corrected chi connectivity index (χ1v) is 6.19. The van der Waals surface area contributed by atoms with Gasteiger partial charge in [0.15, 0.2) is 0 Å². The second-order valence-corrected chi connectivity index (χ2v) is 5.16. The Hall–Kier alpha value is -0.360. The van der Waals surface area contributed by atoms with Crippen LogP contribution in [0.2, 0.25) is 0 Å². The van der Waals surface area contributed by atoms with E-state index < -0.39 is 23.7 Å². The van der Waals surface area contributed by atoms with Crippen LogP contribution < -0.4 is 5.73 Å². The third kappa shape index (κ3) is 1.85. The Labute approximate surface area is 91.4 Å². The maximum absolute atomic E-state index is 13.1. The number of nitrogens with two attached hydrogens (primary N) is 1. The van der Waals surface area contributed by atoms with E-state index >= 15 is 0 Å². The zero-order chi connectivity index (χ0) is 11.1. The quantitative estimate of drug-likeness (QED) is 0.755. The van der Waals surface area contributed by atoms with Gasteiger partial charge in [0, 0.05) is 31.1 Å². The molecule has 1 aliphatic carbocycles. The Bertz CT molecular complexity index is 269. The highest BCUT2D eigenvalue weighted by atomic mass is 32.2. The summed E-state index contributed by atoms with van der Waals surface area (Å²) in [6.45, 7) is 1.08. The minimum Gasteiger partial charge on any atom is -0.341 e. The van der Waals surface area contributed by atoms with Gasteiger partial charge in [-0.2, -0.15) is 11.8 Å². The van der Waals surface area contributed by atoms with Crippen LogP contribution >= 0.6 is 11.8 Å². The van der Waals surface area contributed by atoms with E-state index in [0.717, 1.165) is 11.5 Å². The van der Waals surface area contributed by atoms with E-state index in [2.05, 4.69) is 0 Å². The molecule has 15 heavy (non-hydrogen) atoms. The molecule has 2 rings (SSSR count). The van der Waals surface area contributed by atoms with Gasteiger partial charge in [-0.15, -0.1) is 0 Å². The predicted molar refractivity (Wildman–Crippen MR) is 54.9 cm³/mol. The minimum absolute atomic E-state index is 0.105. The van der Waals surface area contributed by atoms with E-state index in [1.807, 2.05) is 0 Å². The summed E-state index contributed by atoms with van der Waals surface area (Å²) in [5.41, 5.74) is 5.21. The van der Waals surface area contributed by atoms with Gasteiger partial charge < -0.3 is 10.6 Å². The number of thioether (sulfide) groups is 1. The number of amides is 1. The topological polar surface area (TPSA) is 46.3 Å². The van der Waals surface area contributed by atoms with Crippen molar-refractivity contribution < 1.29 is 13.6 Å². The molecule has 1 heterocycles. The highest BCUT2D eigenvalue weighted by molar-refractivity contribution is 7.99. The van der Waals surface area contributed by atoms with Gasteiger partial charge in [-0.25, -0.2) is 8.78 Å². The average molecular weight is 236 g/mol. The van der Waals surface area contributed by atoms with Crippen molar-refractivity contribution in [1.82, 2.24) is 4.90 Å². The van der Waals surface area contributed by atoms with E-state index in [1.165, 1.54) is 0 Å². The molecule has 0 bridgehead atoms. The molecular formula is C9H14F2N2OS. The molecule has 1 amide bonds. The van der Waals surface area contributed by atoms with Gasteiger partial charge in [-0.05, 0) is 0 Å². The first-order chi connectivity index (χ1) is 7.09. The fourth-order valence-electron chi connectivity index (χ4n) is 2.00. The number of hydrogen-bond acceptors (Lipinski definition) is 3. The summed E-state index contributed by atoms with van der Waals surface area (Å²) >= 11 is 1.75. The number of carbonyl (C=O) groups is 1. The lowest BCUT2D eigenvalue weighted by molar-refractivity contribution is -0.134. The van der Waals surface area contributed by atoms with Crippen LogP contribution in [0.5, 0.6) is 0 Å². The molecule has 3 nitrogen and oxygen atoms in total. The second kappa shape index (κ2) is 3.90. The molecule has 0 aromatic carbocycles. The largest absolute Gasteiger partial charge is 0.341 e. The molecule has 86 valence electrons. The number of nitrogens with zero attached hydrogens (tertiary/aromatic N) is 1. The van der Waals surface area contributed by atoms with Gasteiger partial charge in [-0.3, -0.25) is 4.79 Å². The van der Waals surface area contributed by atoms with Crippen LogP contribution in [0.1, 0.15) is 0 Å². The molecule has 0 spiro atoms. The van der Waals surface area contributed by atoms with Crippen molar-refractivity contribution in [2.45, 2.75) is 5.92 Å². The third-order valence-electron chi connectivity index (χ3n) is 3.05. The zero-order valence-corrected chi connectivity index (χ0v) is 9.10. The molecule has 0 aromatic rings. The average Bonchev–Trinajstić information content (AvgIpc) is 2.80. The lowest BCUT2D eigenvalue weighted by atomic mass is 10.2. The summed E-state index contributed by atoms with van der Waals surface area (Å²) in [4.78, 5) is 13.3. The third-order valence-corrected chi connectivity index (χ3v) is 3.99. The summed E-state index contributed by atoms with van der Waals surface area (Å²) in [7, 11) is 0. The van der Waals surface area contributed by atoms with Crippen molar-refractivity contribution >= 4 is 17.7 Å². The zero-order valence-electron chi connectivity index (χ0n) is 8.29. The molecule has 0 radical (unpaired) electrons. The van der Waals surface area contributed by atoms with Crippen molar-refractivity contribution in [3.63, 3.8) is 0 Å². The number of alkyl halides is 2. The van der Waals surface area contributed by atoms with Crippen LogP contribution in [-0.2, 0) is 4.79 Å². The second-order valence-electron chi connectivity index (χ2n) is 3.93. The van der Waals surface area contributed by atoms with Crippen molar-refractivity contribution in [2.24, 2.45) is 17.6 Å². The Balaban J connectivity index is 1.97. The molecule has 2 N–H and O–H groups in total. The lowest BCUT2D eigenvalue weighted by Crippen LogP contribution is -2.40. The summed E-state index contributed by atoms with van der Waals surface area (Å²) < 4.78 is 26.3. The van der Waals surface area contributed by atoms with E-state index in [-0.39, 0.29) is 6.54 Å².